The van der Waals surface area contributed by atoms with E-state index in [0.717, 1.165) is 46.7 Å². The number of amides is 1. The van der Waals surface area contributed by atoms with E-state index in [-0.39, 0.29) is 17.1 Å². The molecule has 2 aromatic carbocycles. The monoisotopic (exact) mass is 465 g/mol. The van der Waals surface area contributed by atoms with Crippen molar-refractivity contribution in [1.82, 2.24) is 4.90 Å². The van der Waals surface area contributed by atoms with Crippen molar-refractivity contribution in [2.24, 2.45) is 5.41 Å². The third kappa shape index (κ3) is 4.57. The largest absolute Gasteiger partial charge is 0.357 e. The van der Waals surface area contributed by atoms with Gasteiger partial charge < -0.3 is 10.2 Å². The molecular weight excluding hydrogens is 434 g/mol. The first-order chi connectivity index (χ1) is 15.5. The highest BCUT2D eigenvalue weighted by atomic mass is 35.5. The SMILES string of the molecule is CC(=O)N1c2ccc(CN(C)C)cc2NC2=C(C(=O)CC(C)(C)C2)C1c1ccc(C)cc1Cl. The van der Waals surface area contributed by atoms with E-state index in [4.69, 9.17) is 11.6 Å². The van der Waals surface area contributed by atoms with Crippen LogP contribution in [0.25, 0.3) is 0 Å². The van der Waals surface area contributed by atoms with Crippen molar-refractivity contribution >= 4 is 34.7 Å². The van der Waals surface area contributed by atoms with E-state index in [0.29, 0.717) is 17.0 Å². The molecule has 0 bridgehead atoms. The maximum absolute atomic E-state index is 13.6. The molecule has 174 valence electrons. The summed E-state index contributed by atoms with van der Waals surface area (Å²) >= 11 is 6.73. The Hall–Kier alpha value is -2.63. The normalized spacial score (nSPS) is 19.7. The number of nitrogens with zero attached hydrogens (tertiary/aromatic N) is 2. The maximum Gasteiger partial charge on any atom is 0.224 e. The van der Waals surface area contributed by atoms with Gasteiger partial charge in [0, 0.05) is 36.2 Å². The molecule has 1 heterocycles. The van der Waals surface area contributed by atoms with Crippen molar-refractivity contribution in [2.75, 3.05) is 24.3 Å². The number of anilines is 2. The summed E-state index contributed by atoms with van der Waals surface area (Å²) in [5, 5.41) is 4.14. The van der Waals surface area contributed by atoms with Gasteiger partial charge in [-0.3, -0.25) is 14.5 Å². The number of aryl methyl sites for hydroxylation is 1. The molecule has 6 heteroatoms. The van der Waals surface area contributed by atoms with Gasteiger partial charge in [-0.05, 0) is 67.7 Å². The number of rotatable bonds is 3. The molecule has 1 N–H and O–H groups in total. The molecule has 0 radical (unpaired) electrons. The lowest BCUT2D eigenvalue weighted by Crippen LogP contribution is -2.38. The first-order valence-corrected chi connectivity index (χ1v) is 11.7. The van der Waals surface area contributed by atoms with Crippen LogP contribution in [0.15, 0.2) is 47.7 Å². The number of halogens is 1. The molecule has 0 fully saturated rings. The molecule has 2 aliphatic rings. The topological polar surface area (TPSA) is 52.7 Å². The molecular formula is C27H32ClN3O2. The van der Waals surface area contributed by atoms with Gasteiger partial charge in [-0.15, -0.1) is 0 Å². The van der Waals surface area contributed by atoms with Crippen LogP contribution in [0.4, 0.5) is 11.4 Å². The van der Waals surface area contributed by atoms with Crippen LogP contribution in [0.1, 0.15) is 56.3 Å². The van der Waals surface area contributed by atoms with Gasteiger partial charge in [0.15, 0.2) is 5.78 Å². The van der Waals surface area contributed by atoms with Crippen LogP contribution in [0.3, 0.4) is 0 Å². The molecule has 0 aromatic heterocycles. The third-order valence-electron chi connectivity index (χ3n) is 6.35. The van der Waals surface area contributed by atoms with Gasteiger partial charge in [0.2, 0.25) is 5.91 Å². The molecule has 0 spiro atoms. The fourth-order valence-electron chi connectivity index (χ4n) is 5.05. The summed E-state index contributed by atoms with van der Waals surface area (Å²) in [5.41, 5.74) is 5.88. The number of hydrogen-bond acceptors (Lipinski definition) is 4. The summed E-state index contributed by atoms with van der Waals surface area (Å²) in [4.78, 5) is 30.6. The van der Waals surface area contributed by atoms with Gasteiger partial charge >= 0.3 is 0 Å². The van der Waals surface area contributed by atoms with Gasteiger partial charge in [-0.1, -0.05) is 43.6 Å². The first-order valence-electron chi connectivity index (χ1n) is 11.3. The number of nitrogens with one attached hydrogen (secondary N) is 1. The van der Waals surface area contributed by atoms with Crippen LogP contribution >= 0.6 is 11.6 Å². The molecule has 5 nitrogen and oxygen atoms in total. The molecule has 1 aliphatic heterocycles. The lowest BCUT2D eigenvalue weighted by Gasteiger charge is -2.37. The third-order valence-corrected chi connectivity index (χ3v) is 6.67. The Kier molecular flexibility index (Phi) is 6.14. The smallest absolute Gasteiger partial charge is 0.224 e. The summed E-state index contributed by atoms with van der Waals surface area (Å²) in [6.07, 6.45) is 1.15. The van der Waals surface area contributed by atoms with E-state index in [9.17, 15) is 9.59 Å². The molecule has 4 rings (SSSR count). The average Bonchev–Trinajstić information content (AvgIpc) is 2.80. The van der Waals surface area contributed by atoms with Crippen LogP contribution in [0.5, 0.6) is 0 Å². The maximum atomic E-state index is 13.6. The van der Waals surface area contributed by atoms with Crippen molar-refractivity contribution in [3.05, 3.63) is 69.4 Å². The Bertz CT molecular complexity index is 1170. The van der Waals surface area contributed by atoms with Crippen LogP contribution in [-0.4, -0.2) is 30.7 Å². The second-order valence-corrected chi connectivity index (χ2v) is 10.8. The Morgan fingerprint density at radius 1 is 1.18 bits per heavy atom. The van der Waals surface area contributed by atoms with Crippen molar-refractivity contribution in [3.8, 4) is 0 Å². The van der Waals surface area contributed by atoms with Crippen LogP contribution in [-0.2, 0) is 16.1 Å². The summed E-state index contributed by atoms with van der Waals surface area (Å²) in [5.74, 6) is -0.0746. The minimum absolute atomic E-state index is 0.0583. The lowest BCUT2D eigenvalue weighted by atomic mass is 9.73. The standard InChI is InChI=1S/C27H32ClN3O2/c1-16-7-9-19(20(28)11-16)26-25-22(13-27(3,4)14-24(25)33)29-21-12-18(15-30(5)6)8-10-23(21)31(26)17(2)32/h7-12,26,29H,13-15H2,1-6H3. The zero-order valence-electron chi connectivity index (χ0n) is 20.3. The number of Topliss-reactive ketones (excluding diaryl/α,β-unsaturated/α-hetero) is 1. The molecule has 1 atom stereocenters. The Morgan fingerprint density at radius 3 is 2.55 bits per heavy atom. The zero-order valence-corrected chi connectivity index (χ0v) is 21.0. The number of carbonyl (C=O) groups is 2. The van der Waals surface area contributed by atoms with E-state index >= 15 is 0 Å². The van der Waals surface area contributed by atoms with E-state index in [1.54, 1.807) is 11.8 Å². The van der Waals surface area contributed by atoms with Crippen LogP contribution in [0.2, 0.25) is 5.02 Å². The molecule has 33 heavy (non-hydrogen) atoms. The highest BCUT2D eigenvalue weighted by molar-refractivity contribution is 6.31. The number of allylic oxidation sites excluding steroid dienone is 1. The second kappa shape index (κ2) is 8.62. The van der Waals surface area contributed by atoms with E-state index < -0.39 is 6.04 Å². The minimum Gasteiger partial charge on any atom is -0.357 e. The number of ketones is 1. The highest BCUT2D eigenvalue weighted by Crippen LogP contribution is 2.49. The predicted octanol–water partition coefficient (Wildman–Crippen LogP) is 5.87. The van der Waals surface area contributed by atoms with Gasteiger partial charge in [0.25, 0.3) is 0 Å². The summed E-state index contributed by atoms with van der Waals surface area (Å²) in [6, 6.07) is 11.3. The number of benzene rings is 2. The first kappa shape index (κ1) is 23.5. The Morgan fingerprint density at radius 2 is 1.91 bits per heavy atom. The highest BCUT2D eigenvalue weighted by Gasteiger charge is 2.43. The molecule has 1 amide bonds. The van der Waals surface area contributed by atoms with E-state index in [2.05, 4.69) is 30.1 Å². The summed E-state index contributed by atoms with van der Waals surface area (Å²) in [6.45, 7) is 8.53. The minimum atomic E-state index is -0.581. The van der Waals surface area contributed by atoms with Crippen LogP contribution in [0, 0.1) is 12.3 Å². The average molecular weight is 466 g/mol. The predicted molar refractivity (Wildman–Crippen MR) is 135 cm³/mol. The second-order valence-electron chi connectivity index (χ2n) is 10.4. The zero-order chi connectivity index (χ0) is 24.1. The van der Waals surface area contributed by atoms with Crippen molar-refractivity contribution in [3.63, 3.8) is 0 Å². The molecule has 2 aromatic rings. The summed E-state index contributed by atoms with van der Waals surface area (Å²) in [7, 11) is 4.05. The van der Waals surface area contributed by atoms with E-state index in [1.807, 2.05) is 51.4 Å². The van der Waals surface area contributed by atoms with Gasteiger partial charge in [-0.2, -0.15) is 0 Å². The number of hydrogen-bond donors (Lipinski definition) is 1. The molecule has 0 saturated carbocycles. The number of fused-ring (bicyclic) bond motifs is 1. The fourth-order valence-corrected chi connectivity index (χ4v) is 5.39. The Labute approximate surface area is 201 Å². The van der Waals surface area contributed by atoms with Gasteiger partial charge in [-0.25, -0.2) is 0 Å². The Balaban J connectivity index is 2.00. The quantitative estimate of drug-likeness (QED) is 0.615. The summed E-state index contributed by atoms with van der Waals surface area (Å²) < 4.78 is 0. The molecule has 1 aliphatic carbocycles. The molecule has 0 saturated heterocycles. The van der Waals surface area contributed by atoms with Gasteiger partial charge in [0.05, 0.1) is 17.4 Å². The van der Waals surface area contributed by atoms with Gasteiger partial charge in [0.1, 0.15) is 0 Å². The van der Waals surface area contributed by atoms with Crippen molar-refractivity contribution in [1.29, 1.82) is 0 Å². The lowest BCUT2D eigenvalue weighted by molar-refractivity contribution is -0.118. The van der Waals surface area contributed by atoms with Crippen LogP contribution < -0.4 is 10.2 Å². The van der Waals surface area contributed by atoms with Crippen molar-refractivity contribution < 1.29 is 9.59 Å². The number of carbonyl (C=O) groups excluding carboxylic acids is 2. The molecule has 1 unspecified atom stereocenters. The van der Waals surface area contributed by atoms with E-state index in [1.165, 1.54) is 0 Å². The fraction of sp³-hybridized carbons (Fsp3) is 0.407. The van der Waals surface area contributed by atoms with Crippen molar-refractivity contribution in [2.45, 2.75) is 53.1 Å².